The molecule has 20 N–H and O–H groups in total. The Kier molecular flexibility index (Phi) is 43.9. The Bertz CT molecular complexity index is 3740. The van der Waals surface area contributed by atoms with Crippen molar-refractivity contribution < 1.29 is 106 Å². The van der Waals surface area contributed by atoms with Gasteiger partial charge in [0.1, 0.15) is 82.8 Å². The Morgan fingerprint density at radius 2 is 0.868 bits per heavy atom. The molecule has 1 aliphatic heterocycles. The number of unbranched alkanes of at least 4 members (excludes halogenated alkanes) is 2. The summed E-state index contributed by atoms with van der Waals surface area (Å²) >= 11 is 0. The third-order valence-electron chi connectivity index (χ3n) is 18.1. The molecule has 0 saturated carbocycles. The van der Waals surface area contributed by atoms with Crippen molar-refractivity contribution in [3.05, 3.63) is 59.7 Å². The number of aliphatic hydroxyl groups is 3. The second kappa shape index (κ2) is 50.7. The third-order valence-corrected chi connectivity index (χ3v) is 18.1. The lowest BCUT2D eigenvalue weighted by Gasteiger charge is -2.29. The van der Waals surface area contributed by atoms with Gasteiger partial charge in [0.15, 0.2) is 0 Å². The van der Waals surface area contributed by atoms with Crippen LogP contribution in [0.15, 0.2) is 48.5 Å². The van der Waals surface area contributed by atoms with Gasteiger partial charge in [-0.1, -0.05) is 95.5 Å². The highest BCUT2D eigenvalue weighted by Crippen LogP contribution is 2.23. The van der Waals surface area contributed by atoms with Crippen LogP contribution in [0.25, 0.3) is 11.1 Å². The van der Waals surface area contributed by atoms with Crippen LogP contribution in [0, 0.1) is 11.8 Å². The lowest BCUT2D eigenvalue weighted by molar-refractivity contribution is -0.137. The molecule has 121 heavy (non-hydrogen) atoms. The maximum absolute atomic E-state index is 15.4. The van der Waals surface area contributed by atoms with Gasteiger partial charge >= 0.3 is 24.4 Å². The molecule has 1 aliphatic rings. The molecule has 1 heterocycles. The molecule has 0 spiro atoms. The van der Waals surface area contributed by atoms with Crippen LogP contribution in [0.3, 0.4) is 0 Å². The molecule has 15 amide bonds. The van der Waals surface area contributed by atoms with Crippen molar-refractivity contribution in [1.29, 1.82) is 0 Å². The Morgan fingerprint density at radius 1 is 0.455 bits per heavy atom. The van der Waals surface area contributed by atoms with Gasteiger partial charge in [-0.05, 0) is 189 Å². The minimum Gasteiger partial charge on any atom is -0.444 e. The zero-order valence-corrected chi connectivity index (χ0v) is 73.5. The average Bonchev–Trinajstić information content (AvgIpc) is 1.32. The molecule has 1 saturated heterocycles. The number of carbonyl (C=O) groups is 15. The highest BCUT2D eigenvalue weighted by Gasteiger charge is 2.39. The fourth-order valence-corrected chi connectivity index (χ4v) is 12.0. The molecule has 0 aromatic heterocycles. The lowest BCUT2D eigenvalue weighted by Crippen LogP contribution is -2.62. The van der Waals surface area contributed by atoms with Crippen LogP contribution in [0.2, 0.25) is 0 Å². The van der Waals surface area contributed by atoms with Crippen molar-refractivity contribution in [2.45, 2.75) is 310 Å². The number of hydrogen-bond acceptors (Lipinski definition) is 23. The number of ether oxygens (including phenoxy) is 4. The van der Waals surface area contributed by atoms with E-state index in [9.17, 15) is 68.1 Å². The summed E-state index contributed by atoms with van der Waals surface area (Å²) in [5, 5.41) is 70.5. The minimum absolute atomic E-state index is 0.0220. The van der Waals surface area contributed by atoms with Crippen LogP contribution in [0.1, 0.15) is 213 Å². The molecule has 2 aromatic rings. The Morgan fingerprint density at radius 3 is 1.30 bits per heavy atom. The second-order valence-electron chi connectivity index (χ2n) is 34.9. The summed E-state index contributed by atoms with van der Waals surface area (Å²) < 4.78 is 21.6. The van der Waals surface area contributed by atoms with Gasteiger partial charge in [0.05, 0.1) is 18.8 Å². The molecule has 2 aromatic carbocycles. The molecule has 3 rings (SSSR count). The smallest absolute Gasteiger partial charge is 0.407 e. The predicted molar refractivity (Wildman–Crippen MR) is 448 cm³/mol. The van der Waals surface area contributed by atoms with Gasteiger partial charge in [-0.25, -0.2) is 19.2 Å². The summed E-state index contributed by atoms with van der Waals surface area (Å²) in [7, 11) is 0. The van der Waals surface area contributed by atoms with E-state index in [4.69, 9.17) is 24.7 Å². The zero-order valence-electron chi connectivity index (χ0n) is 73.5. The van der Waals surface area contributed by atoms with Crippen LogP contribution in [-0.2, 0) is 84.7 Å². The molecular formula is C83H136N16O22. The average molecular weight is 1710 g/mol. The quantitative estimate of drug-likeness (QED) is 0.0347. The Balaban J connectivity index is 2.37. The van der Waals surface area contributed by atoms with E-state index in [1.165, 1.54) is 0 Å². The Labute approximate surface area is 709 Å². The van der Waals surface area contributed by atoms with Gasteiger partial charge in [-0.2, -0.15) is 0 Å². The van der Waals surface area contributed by atoms with Crippen LogP contribution in [0.4, 0.5) is 19.2 Å². The van der Waals surface area contributed by atoms with Gasteiger partial charge in [-0.3, -0.25) is 52.7 Å². The number of alkyl carbamates (subject to hydrolysis) is 4. The summed E-state index contributed by atoms with van der Waals surface area (Å²) in [5.74, 6) is -11.4. The first-order valence-corrected chi connectivity index (χ1v) is 41.4. The second-order valence-corrected chi connectivity index (χ2v) is 34.9. The number of nitrogens with one attached hydrogen (secondary N) is 15. The molecule has 0 bridgehead atoms. The van der Waals surface area contributed by atoms with E-state index in [0.29, 0.717) is 35.4 Å². The maximum Gasteiger partial charge on any atom is 0.407 e. The van der Waals surface area contributed by atoms with Gasteiger partial charge in [-0.15, -0.1) is 0 Å². The number of amides is 15. The largest absolute Gasteiger partial charge is 0.444 e. The third kappa shape index (κ3) is 42.5. The predicted octanol–water partition coefficient (Wildman–Crippen LogP) is 2.18. The first kappa shape index (κ1) is 105. The molecule has 38 heteroatoms. The van der Waals surface area contributed by atoms with E-state index in [0.717, 1.165) is 32.3 Å². The van der Waals surface area contributed by atoms with E-state index in [2.05, 4.69) is 93.6 Å². The summed E-state index contributed by atoms with van der Waals surface area (Å²) in [4.78, 5) is 214. The van der Waals surface area contributed by atoms with Crippen LogP contribution < -0.4 is 85.5 Å². The van der Waals surface area contributed by atoms with Crippen molar-refractivity contribution in [1.82, 2.24) is 79.8 Å². The number of aliphatic hydroxyl groups excluding tert-OH is 3. The molecule has 0 aliphatic carbocycles. The molecule has 680 valence electrons. The monoisotopic (exact) mass is 1710 g/mol. The van der Waals surface area contributed by atoms with Crippen LogP contribution >= 0.6 is 0 Å². The Hall–Kier alpha value is -10.5. The fourth-order valence-electron chi connectivity index (χ4n) is 12.0. The molecule has 0 radical (unpaired) electrons. The normalized spacial score (nSPS) is 19.6. The number of carbonyl (C=O) groups excluding carboxylic acids is 15. The number of benzene rings is 2. The first-order chi connectivity index (χ1) is 56.4. The standard InChI is InChI=1S/C83H136N16O22/c1-47(2)22-20-19-21-23-63(103)90-56(34-40-86-76(114)118-80(7,8)9)70(108)99-65(50(6)102)75(113)95-55(32-38-84)66(104)91-57-33-39-85-74(112)64(49(5)101)98-71(109)60(37-43-89-79(117)121-83(16,17)18)93-68(106)58(35-41-87-77(115)119-81(10,11)12)94-72(110)61(44-48(3)4)96-73(111)62(45-51-24-28-53(29-25-51)54-30-26-52(46-100)27-31-54)97-69(107)59(92-67(57)105)36-42-88-78(116)120-82(13,14)15/h24-31,47-50,55-62,64-65,100-102H,19-23,32-46,84H2,1-18H3,(H,85,112)(H,86,114)(H,87,115)(H,88,116)(H,89,117)(H,90,103)(H,91,104)(H,92,105)(H,93,106)(H,94,110)(H,95,113)(H,96,111)(H,97,107)(H,98,109)(H,99,108)/t49-,50-,55+,56-,57+,58+,59?,60+,61+,62-,64-,65+/m1/s1. The highest BCUT2D eigenvalue weighted by atomic mass is 16.6. The summed E-state index contributed by atoms with van der Waals surface area (Å²) in [6.45, 7) is 26.6. The van der Waals surface area contributed by atoms with E-state index in [1.807, 2.05) is 0 Å². The molecular weight excluding hydrogens is 1570 g/mol. The molecule has 38 nitrogen and oxygen atoms in total. The van der Waals surface area contributed by atoms with Crippen molar-refractivity contribution in [2.75, 3.05) is 39.3 Å². The topological polar surface area (TPSA) is 560 Å². The van der Waals surface area contributed by atoms with Gasteiger partial charge in [0.2, 0.25) is 65.0 Å². The molecule has 12 atom stereocenters. The van der Waals surface area contributed by atoms with E-state index < -0.39 is 235 Å². The minimum atomic E-state index is -1.90. The summed E-state index contributed by atoms with van der Waals surface area (Å²) in [5.41, 5.74) is 4.72. The van der Waals surface area contributed by atoms with Crippen molar-refractivity contribution in [2.24, 2.45) is 17.6 Å². The van der Waals surface area contributed by atoms with E-state index >= 15 is 19.2 Å². The van der Waals surface area contributed by atoms with Gasteiger partial charge in [0, 0.05) is 45.6 Å². The highest BCUT2D eigenvalue weighted by molar-refractivity contribution is 5.99. The van der Waals surface area contributed by atoms with E-state index in [1.54, 1.807) is 145 Å². The first-order valence-electron chi connectivity index (χ1n) is 41.4. The number of nitrogens with two attached hydrogens (primary N) is 1. The fraction of sp³-hybridized carbons (Fsp3) is 0.675. The van der Waals surface area contributed by atoms with Crippen molar-refractivity contribution in [3.63, 3.8) is 0 Å². The lowest BCUT2D eigenvalue weighted by atomic mass is 9.98. The maximum atomic E-state index is 15.4. The van der Waals surface area contributed by atoms with E-state index in [-0.39, 0.29) is 58.5 Å². The summed E-state index contributed by atoms with van der Waals surface area (Å²) in [6, 6.07) is -3.39. The van der Waals surface area contributed by atoms with Crippen LogP contribution in [-0.4, -0.2) is 239 Å². The SMILES string of the molecule is CC(C)CCCCCC(=O)N[C@H](CCNC(=O)OC(C)(C)C)C(=O)N[C@H](C(=O)N[C@@H](CCN)C(=O)N[C@H]1CCNC(=O)[C@@H]([C@@H](C)O)NC(=O)[C@H](CCNC(=O)OC(C)(C)C)NC(=O)[C@H](CCNC(=O)OC(C)(C)C)NC(=O)[C@H](CC(C)C)NC(=O)[C@@H](Cc2ccc(-c3ccc(CO)cc3)cc2)NC(=O)C(CCNC(=O)OC(C)(C)C)NC1=O)[C@@H](C)O. The van der Waals surface area contributed by atoms with Crippen molar-refractivity contribution >= 4 is 89.4 Å². The van der Waals surface area contributed by atoms with Gasteiger partial charge in [0.25, 0.3) is 0 Å². The van der Waals surface area contributed by atoms with Crippen LogP contribution in [0.5, 0.6) is 0 Å². The number of rotatable bonds is 35. The zero-order chi connectivity index (χ0) is 91.3. The van der Waals surface area contributed by atoms with Gasteiger partial charge < -0.3 is 120 Å². The number of hydrogen-bond donors (Lipinski definition) is 19. The molecule has 1 fully saturated rings. The molecule has 1 unspecified atom stereocenters. The van der Waals surface area contributed by atoms with Crippen molar-refractivity contribution in [3.8, 4) is 11.1 Å². The summed E-state index contributed by atoms with van der Waals surface area (Å²) in [6.07, 6.45) is -7.17.